The van der Waals surface area contributed by atoms with Crippen molar-refractivity contribution in [2.45, 2.75) is 46.3 Å². The van der Waals surface area contributed by atoms with Crippen LogP contribution < -0.4 is 0 Å². The van der Waals surface area contributed by atoms with Gasteiger partial charge in [-0.15, -0.1) is 16.4 Å². The van der Waals surface area contributed by atoms with Gasteiger partial charge in [0, 0.05) is 29.7 Å². The monoisotopic (exact) mass is 411 g/mol. The van der Waals surface area contributed by atoms with Gasteiger partial charge in [-0.05, 0) is 49.8 Å². The van der Waals surface area contributed by atoms with Gasteiger partial charge in [0.25, 0.3) is 11.6 Å². The molecule has 0 bridgehead atoms. The summed E-state index contributed by atoms with van der Waals surface area (Å²) >= 11 is 1.61. The van der Waals surface area contributed by atoms with E-state index in [1.54, 1.807) is 37.1 Å². The summed E-state index contributed by atoms with van der Waals surface area (Å²) in [6.07, 6.45) is -4.03. The lowest BCUT2D eigenvalue weighted by Gasteiger charge is -2.17. The van der Waals surface area contributed by atoms with Crippen molar-refractivity contribution < 1.29 is 18.0 Å². The maximum absolute atomic E-state index is 12.9. The summed E-state index contributed by atoms with van der Waals surface area (Å²) in [6.45, 7) is 5.91. The van der Waals surface area contributed by atoms with E-state index in [2.05, 4.69) is 15.1 Å². The average Bonchev–Trinajstić information content (AvgIpc) is 3.21. The quantitative estimate of drug-likeness (QED) is 0.642. The largest absolute Gasteiger partial charge is 0.453 e. The number of carbonyl (C=O) groups excluding carboxylic acids is 1. The highest BCUT2D eigenvalue weighted by atomic mass is 32.1. The number of aryl methyl sites for hydroxylation is 3. The van der Waals surface area contributed by atoms with Gasteiger partial charge in [0.05, 0.1) is 6.54 Å². The molecule has 3 rings (SSSR count). The van der Waals surface area contributed by atoms with Crippen molar-refractivity contribution in [3.05, 3.63) is 44.7 Å². The molecule has 0 atom stereocenters. The number of rotatable bonds is 5. The Morgan fingerprint density at radius 2 is 1.96 bits per heavy atom. The lowest BCUT2D eigenvalue weighted by atomic mass is 10.1. The summed E-state index contributed by atoms with van der Waals surface area (Å²) in [5.41, 5.74) is 2.92. The number of thiophene rings is 1. The van der Waals surface area contributed by atoms with Crippen LogP contribution in [0, 0.1) is 20.8 Å². The molecule has 0 saturated carbocycles. The Morgan fingerprint density at radius 3 is 2.57 bits per heavy atom. The van der Waals surface area contributed by atoms with Crippen molar-refractivity contribution in [3.63, 3.8) is 0 Å². The molecule has 0 aromatic carbocycles. The van der Waals surface area contributed by atoms with Crippen molar-refractivity contribution in [2.24, 2.45) is 0 Å². The van der Waals surface area contributed by atoms with Gasteiger partial charge < -0.3 is 4.90 Å². The highest BCUT2D eigenvalue weighted by Crippen LogP contribution is 2.27. The van der Waals surface area contributed by atoms with E-state index < -0.39 is 12.0 Å². The zero-order valence-electron chi connectivity index (χ0n) is 16.0. The number of alkyl halides is 3. The number of nitrogens with zero attached hydrogens (tertiary/aromatic N) is 5. The van der Waals surface area contributed by atoms with Gasteiger partial charge in [-0.3, -0.25) is 4.79 Å². The average molecular weight is 411 g/mol. The molecular formula is C18H20F3N5OS. The van der Waals surface area contributed by atoms with Gasteiger partial charge in [-0.25, -0.2) is 9.50 Å². The van der Waals surface area contributed by atoms with Crippen molar-refractivity contribution in [1.29, 1.82) is 0 Å². The topological polar surface area (TPSA) is 63.4 Å². The fourth-order valence-corrected chi connectivity index (χ4v) is 3.94. The number of amides is 1. The molecule has 0 saturated heterocycles. The van der Waals surface area contributed by atoms with Crippen LogP contribution in [0.5, 0.6) is 0 Å². The van der Waals surface area contributed by atoms with E-state index in [0.717, 1.165) is 15.0 Å². The summed E-state index contributed by atoms with van der Waals surface area (Å²) in [7, 11) is 1.75. The molecule has 10 heteroatoms. The second kappa shape index (κ2) is 7.50. The Morgan fingerprint density at radius 1 is 1.25 bits per heavy atom. The highest BCUT2D eigenvalue weighted by molar-refractivity contribution is 7.10. The Hall–Kier alpha value is -2.49. The molecule has 150 valence electrons. The molecular weight excluding hydrogens is 391 g/mol. The number of carbonyl (C=O) groups is 1. The summed E-state index contributed by atoms with van der Waals surface area (Å²) in [6, 6.07) is 2.01. The summed E-state index contributed by atoms with van der Waals surface area (Å²) in [5, 5.41) is 5.52. The summed E-state index contributed by atoms with van der Waals surface area (Å²) in [5.74, 6) is -1.36. The van der Waals surface area contributed by atoms with E-state index >= 15 is 0 Å². The maximum Gasteiger partial charge on any atom is 0.453 e. The van der Waals surface area contributed by atoms with Crippen LogP contribution in [0.25, 0.3) is 5.78 Å². The molecule has 1 amide bonds. The minimum absolute atomic E-state index is 0.0405. The maximum atomic E-state index is 12.9. The second-order valence-electron chi connectivity index (χ2n) is 6.68. The SMILES string of the molecule is Cc1ccsc1CN(C)C(=O)CCc1c(C)nc2nc(C(F)(F)F)nn2c1C. The summed E-state index contributed by atoms with van der Waals surface area (Å²) in [4.78, 5) is 22.9. The van der Waals surface area contributed by atoms with E-state index in [9.17, 15) is 18.0 Å². The van der Waals surface area contributed by atoms with Crippen molar-refractivity contribution in [3.8, 4) is 0 Å². The van der Waals surface area contributed by atoms with Gasteiger partial charge in [0.15, 0.2) is 0 Å². The van der Waals surface area contributed by atoms with Crippen LogP contribution in [-0.4, -0.2) is 37.4 Å². The third-order valence-electron chi connectivity index (χ3n) is 4.67. The van der Waals surface area contributed by atoms with E-state index in [1.165, 1.54) is 0 Å². The van der Waals surface area contributed by atoms with Gasteiger partial charge in [-0.1, -0.05) is 0 Å². The predicted octanol–water partition coefficient (Wildman–Crippen LogP) is 3.72. The van der Waals surface area contributed by atoms with Crippen LogP contribution in [0.2, 0.25) is 0 Å². The minimum Gasteiger partial charge on any atom is -0.341 e. The van der Waals surface area contributed by atoms with Crippen molar-refractivity contribution in [1.82, 2.24) is 24.5 Å². The van der Waals surface area contributed by atoms with Crippen molar-refractivity contribution >= 4 is 23.0 Å². The molecule has 0 unspecified atom stereocenters. The van der Waals surface area contributed by atoms with E-state index in [1.807, 2.05) is 18.4 Å². The Kier molecular flexibility index (Phi) is 5.42. The van der Waals surface area contributed by atoms with E-state index in [4.69, 9.17) is 0 Å². The molecule has 3 aromatic rings. The lowest BCUT2D eigenvalue weighted by molar-refractivity contribution is -0.144. The molecule has 0 aliphatic carbocycles. The molecule has 6 nitrogen and oxygen atoms in total. The van der Waals surface area contributed by atoms with E-state index in [-0.39, 0.29) is 18.1 Å². The van der Waals surface area contributed by atoms with Crippen LogP contribution in [0.15, 0.2) is 11.4 Å². The zero-order valence-corrected chi connectivity index (χ0v) is 16.8. The summed E-state index contributed by atoms with van der Waals surface area (Å²) < 4.78 is 39.7. The van der Waals surface area contributed by atoms with Gasteiger partial charge >= 0.3 is 6.18 Å². The molecule has 3 heterocycles. The van der Waals surface area contributed by atoms with Crippen molar-refractivity contribution in [2.75, 3.05) is 7.05 Å². The Bertz CT molecular complexity index is 1020. The number of hydrogen-bond acceptors (Lipinski definition) is 5. The number of hydrogen-bond donors (Lipinski definition) is 0. The van der Waals surface area contributed by atoms with Crippen LogP contribution in [-0.2, 0) is 23.9 Å². The molecule has 3 aromatic heterocycles. The smallest absolute Gasteiger partial charge is 0.341 e. The fourth-order valence-electron chi connectivity index (χ4n) is 2.98. The Balaban J connectivity index is 1.76. The first kappa shape index (κ1) is 20.2. The molecule has 0 radical (unpaired) electrons. The highest BCUT2D eigenvalue weighted by Gasteiger charge is 2.37. The first-order valence-corrected chi connectivity index (χ1v) is 9.53. The third-order valence-corrected chi connectivity index (χ3v) is 5.67. The van der Waals surface area contributed by atoms with Crippen LogP contribution in [0.3, 0.4) is 0 Å². The third kappa shape index (κ3) is 4.01. The second-order valence-corrected chi connectivity index (χ2v) is 7.68. The number of aromatic nitrogens is 4. The van der Waals surface area contributed by atoms with Gasteiger partial charge in [0.1, 0.15) is 0 Å². The standard InChI is InChI=1S/C18H20F3N5OS/c1-10-7-8-28-14(10)9-25(4)15(27)6-5-13-11(2)22-17-23-16(18(19,20)21)24-26(17)12(13)3/h7-8H,5-6,9H2,1-4H3. The molecule has 0 aliphatic heterocycles. The zero-order chi connectivity index (χ0) is 20.6. The van der Waals surface area contributed by atoms with Crippen LogP contribution in [0.4, 0.5) is 13.2 Å². The predicted molar refractivity (Wildman–Crippen MR) is 99.1 cm³/mol. The van der Waals surface area contributed by atoms with E-state index in [0.29, 0.717) is 29.9 Å². The minimum atomic E-state index is -4.63. The van der Waals surface area contributed by atoms with Gasteiger partial charge in [-0.2, -0.15) is 18.2 Å². The first-order chi connectivity index (χ1) is 13.1. The lowest BCUT2D eigenvalue weighted by Crippen LogP contribution is -2.26. The molecule has 0 fully saturated rings. The molecule has 0 spiro atoms. The molecule has 0 N–H and O–H groups in total. The van der Waals surface area contributed by atoms with Crippen LogP contribution >= 0.6 is 11.3 Å². The fraction of sp³-hybridized carbons (Fsp3) is 0.444. The number of halogens is 3. The van der Waals surface area contributed by atoms with Gasteiger partial charge in [0.2, 0.25) is 5.91 Å². The normalized spacial score (nSPS) is 12.0. The molecule has 0 aliphatic rings. The molecule has 28 heavy (non-hydrogen) atoms. The number of fused-ring (bicyclic) bond motifs is 1. The van der Waals surface area contributed by atoms with Crippen LogP contribution in [0.1, 0.15) is 39.6 Å². The Labute approximate surface area is 164 Å². The first-order valence-electron chi connectivity index (χ1n) is 8.65.